The lowest BCUT2D eigenvalue weighted by atomic mass is 10.1. The highest BCUT2D eigenvalue weighted by Crippen LogP contribution is 2.36. The number of ether oxygens (including phenoxy) is 1. The number of carbonyl (C=O) groups is 2. The molecule has 0 aromatic heterocycles. The number of rotatable bonds is 4. The van der Waals surface area contributed by atoms with Crippen molar-refractivity contribution in [3.05, 3.63) is 28.3 Å². The molecule has 1 aromatic carbocycles. The van der Waals surface area contributed by atoms with E-state index in [-0.39, 0.29) is 30.2 Å². The quantitative estimate of drug-likeness (QED) is 0.479. The summed E-state index contributed by atoms with van der Waals surface area (Å²) in [6, 6.07) is 3.95. The fraction of sp³-hybridized carbons (Fsp3) is 0.333. The van der Waals surface area contributed by atoms with E-state index in [4.69, 9.17) is 16.3 Å². The van der Waals surface area contributed by atoms with Crippen molar-refractivity contribution in [2.45, 2.75) is 6.42 Å². The molecule has 0 aliphatic carbocycles. The van der Waals surface area contributed by atoms with E-state index in [9.17, 15) is 19.7 Å². The first-order chi connectivity index (χ1) is 9.43. The Labute approximate surface area is 119 Å². The Morgan fingerprint density at radius 2 is 2.25 bits per heavy atom. The van der Waals surface area contributed by atoms with Crippen molar-refractivity contribution in [2.24, 2.45) is 5.92 Å². The first kappa shape index (κ1) is 14.3. The van der Waals surface area contributed by atoms with E-state index < -0.39 is 16.1 Å². The highest BCUT2D eigenvalue weighted by Gasteiger charge is 2.36. The molecule has 20 heavy (non-hydrogen) atoms. The summed E-state index contributed by atoms with van der Waals surface area (Å²) >= 11 is 5.40. The Morgan fingerprint density at radius 1 is 1.55 bits per heavy atom. The van der Waals surface area contributed by atoms with Crippen molar-refractivity contribution < 1.29 is 19.2 Å². The lowest BCUT2D eigenvalue weighted by molar-refractivity contribution is -0.384. The first-order valence-corrected chi connectivity index (χ1v) is 6.14. The van der Waals surface area contributed by atoms with Gasteiger partial charge in [-0.1, -0.05) is 0 Å². The molecule has 1 heterocycles. The average Bonchev–Trinajstić information content (AvgIpc) is 2.80. The highest BCUT2D eigenvalue weighted by molar-refractivity contribution is 6.64. The number of carbonyl (C=O) groups excluding carboxylic acids is 2. The summed E-state index contributed by atoms with van der Waals surface area (Å²) in [5.74, 6) is -0.595. The lowest BCUT2D eigenvalue weighted by Gasteiger charge is -2.18. The molecule has 1 aromatic rings. The smallest absolute Gasteiger partial charge is 0.271 e. The van der Waals surface area contributed by atoms with Crippen LogP contribution in [0.3, 0.4) is 0 Å². The van der Waals surface area contributed by atoms with Gasteiger partial charge in [0.15, 0.2) is 0 Å². The fourth-order valence-corrected chi connectivity index (χ4v) is 2.24. The van der Waals surface area contributed by atoms with E-state index >= 15 is 0 Å². The van der Waals surface area contributed by atoms with Crippen LogP contribution in [0.1, 0.15) is 6.42 Å². The van der Waals surface area contributed by atoms with Gasteiger partial charge in [-0.05, 0) is 17.7 Å². The Morgan fingerprint density at radius 3 is 2.75 bits per heavy atom. The Hall–Kier alpha value is -2.15. The molecule has 1 saturated heterocycles. The number of halogens is 1. The van der Waals surface area contributed by atoms with Crippen LogP contribution in [0, 0.1) is 16.0 Å². The van der Waals surface area contributed by atoms with Crippen LogP contribution in [0.4, 0.5) is 11.4 Å². The topological polar surface area (TPSA) is 89.8 Å². The Balaban J connectivity index is 2.40. The van der Waals surface area contributed by atoms with E-state index in [2.05, 4.69) is 0 Å². The van der Waals surface area contributed by atoms with Crippen molar-refractivity contribution in [2.75, 3.05) is 18.6 Å². The number of non-ortho nitro benzene ring substituents is 1. The van der Waals surface area contributed by atoms with E-state index in [1.165, 1.54) is 30.2 Å². The molecule has 0 unspecified atom stereocenters. The van der Waals surface area contributed by atoms with Crippen LogP contribution in [0.15, 0.2) is 18.2 Å². The minimum Gasteiger partial charge on any atom is -0.495 e. The van der Waals surface area contributed by atoms with Crippen LogP contribution >= 0.6 is 11.6 Å². The van der Waals surface area contributed by atoms with E-state index in [1.807, 2.05) is 0 Å². The molecule has 0 N–H and O–H groups in total. The van der Waals surface area contributed by atoms with Gasteiger partial charge in [0.2, 0.25) is 11.1 Å². The minimum atomic E-state index is -0.604. The maximum atomic E-state index is 11.9. The van der Waals surface area contributed by atoms with Crippen LogP contribution in [-0.4, -0.2) is 29.7 Å². The number of nitro groups is 1. The van der Waals surface area contributed by atoms with Crippen LogP contribution in [-0.2, 0) is 9.59 Å². The second-order valence-corrected chi connectivity index (χ2v) is 4.70. The molecule has 0 bridgehead atoms. The number of hydrogen-bond donors (Lipinski definition) is 0. The number of benzene rings is 1. The van der Waals surface area contributed by atoms with Gasteiger partial charge in [0.25, 0.3) is 5.69 Å². The summed E-state index contributed by atoms with van der Waals surface area (Å²) in [5, 5.41) is 10.2. The summed E-state index contributed by atoms with van der Waals surface area (Å²) in [6.45, 7) is 0.0959. The van der Waals surface area contributed by atoms with E-state index in [1.54, 1.807) is 0 Å². The molecule has 1 fully saturated rings. The monoisotopic (exact) mass is 298 g/mol. The minimum absolute atomic E-state index is 0.00577. The molecule has 0 saturated carbocycles. The molecule has 1 aliphatic heterocycles. The second kappa shape index (κ2) is 5.46. The van der Waals surface area contributed by atoms with Crippen molar-refractivity contribution in [1.82, 2.24) is 0 Å². The molecule has 1 atom stereocenters. The number of methoxy groups -OCH3 is 1. The summed E-state index contributed by atoms with van der Waals surface area (Å²) in [4.78, 5) is 34.6. The molecule has 1 amide bonds. The van der Waals surface area contributed by atoms with Gasteiger partial charge in [0, 0.05) is 25.1 Å². The summed E-state index contributed by atoms with van der Waals surface area (Å²) in [5.41, 5.74) is 0.112. The van der Waals surface area contributed by atoms with Crippen molar-refractivity contribution in [3.63, 3.8) is 0 Å². The van der Waals surface area contributed by atoms with Gasteiger partial charge in [-0.3, -0.25) is 19.7 Å². The Kier molecular flexibility index (Phi) is 3.89. The predicted octanol–water partition coefficient (Wildman–Crippen LogP) is 1.72. The molecule has 0 spiro atoms. The average molecular weight is 299 g/mol. The normalized spacial score (nSPS) is 18.2. The number of hydrogen-bond acceptors (Lipinski definition) is 5. The van der Waals surface area contributed by atoms with Gasteiger partial charge in [-0.15, -0.1) is 0 Å². The highest BCUT2D eigenvalue weighted by atomic mass is 35.5. The number of amides is 1. The van der Waals surface area contributed by atoms with Crippen LogP contribution in [0.25, 0.3) is 0 Å². The maximum Gasteiger partial charge on any atom is 0.271 e. The zero-order valence-electron chi connectivity index (χ0n) is 10.5. The van der Waals surface area contributed by atoms with Gasteiger partial charge < -0.3 is 9.64 Å². The third-order valence-electron chi connectivity index (χ3n) is 3.11. The molecule has 0 radical (unpaired) electrons. The summed E-state index contributed by atoms with van der Waals surface area (Å²) in [6.07, 6.45) is -0.00577. The van der Waals surface area contributed by atoms with E-state index in [0.29, 0.717) is 5.75 Å². The first-order valence-electron chi connectivity index (χ1n) is 5.76. The van der Waals surface area contributed by atoms with Crippen molar-refractivity contribution >= 4 is 34.1 Å². The van der Waals surface area contributed by atoms with E-state index in [0.717, 1.165) is 0 Å². The predicted molar refractivity (Wildman–Crippen MR) is 71.0 cm³/mol. The zero-order chi connectivity index (χ0) is 14.9. The molecular formula is C12H11ClN2O5. The summed E-state index contributed by atoms with van der Waals surface area (Å²) < 4.78 is 5.10. The third kappa shape index (κ3) is 2.57. The molecule has 1 aliphatic rings. The molecular weight excluding hydrogens is 288 g/mol. The number of nitrogens with zero attached hydrogens (tertiary/aromatic N) is 2. The van der Waals surface area contributed by atoms with Crippen molar-refractivity contribution in [3.8, 4) is 5.75 Å². The molecule has 8 heteroatoms. The van der Waals surface area contributed by atoms with Crippen LogP contribution in [0.5, 0.6) is 5.75 Å². The van der Waals surface area contributed by atoms with Crippen molar-refractivity contribution in [1.29, 1.82) is 0 Å². The molecule has 106 valence electrons. The Bertz CT molecular complexity index is 589. The van der Waals surface area contributed by atoms with Gasteiger partial charge in [0.05, 0.1) is 23.6 Å². The molecule has 2 rings (SSSR count). The van der Waals surface area contributed by atoms with Gasteiger partial charge in [-0.25, -0.2) is 0 Å². The third-order valence-corrected chi connectivity index (χ3v) is 3.42. The van der Waals surface area contributed by atoms with Gasteiger partial charge >= 0.3 is 0 Å². The second-order valence-electron chi connectivity index (χ2n) is 4.32. The van der Waals surface area contributed by atoms with Gasteiger partial charge in [0.1, 0.15) is 5.75 Å². The maximum absolute atomic E-state index is 11.9. The van der Waals surface area contributed by atoms with Gasteiger partial charge in [-0.2, -0.15) is 0 Å². The fourth-order valence-electron chi connectivity index (χ4n) is 2.10. The summed E-state index contributed by atoms with van der Waals surface area (Å²) in [7, 11) is 1.40. The lowest BCUT2D eigenvalue weighted by Crippen LogP contribution is -2.25. The number of nitro benzene ring substituents is 1. The largest absolute Gasteiger partial charge is 0.495 e. The number of anilines is 1. The van der Waals surface area contributed by atoms with Crippen LogP contribution < -0.4 is 9.64 Å². The zero-order valence-corrected chi connectivity index (χ0v) is 11.3. The van der Waals surface area contributed by atoms with Crippen LogP contribution in [0.2, 0.25) is 0 Å². The SMILES string of the molecule is COc1ccc([N+](=O)[O-])cc1N1C[C@H](C(=O)Cl)CC1=O. The standard InChI is InChI=1S/C12H11ClN2O5/c1-20-10-3-2-8(15(18)19)5-9(10)14-6-7(12(13)17)4-11(14)16/h2-3,5,7H,4,6H2,1H3/t7-/m1/s1. The molecule has 7 nitrogen and oxygen atoms in total.